The second-order valence-corrected chi connectivity index (χ2v) is 11.9. The molecule has 9 heteroatoms. The highest BCUT2D eigenvalue weighted by Gasteiger charge is 2.28. The first-order valence-electron chi connectivity index (χ1n) is 13.3. The minimum atomic E-state index is -0.969. The van der Waals surface area contributed by atoms with Gasteiger partial charge in [0.15, 0.2) is 0 Å². The number of hydrogen-bond donors (Lipinski definition) is 1. The Balaban J connectivity index is 1.41. The Kier molecular flexibility index (Phi) is 7.17. The predicted molar refractivity (Wildman–Crippen MR) is 154 cm³/mol. The van der Waals surface area contributed by atoms with Gasteiger partial charge >= 0.3 is 5.97 Å². The molecule has 0 aliphatic carbocycles. The van der Waals surface area contributed by atoms with Gasteiger partial charge in [0, 0.05) is 47.4 Å². The van der Waals surface area contributed by atoms with Crippen LogP contribution < -0.4 is 0 Å². The molecule has 7 nitrogen and oxygen atoms in total. The van der Waals surface area contributed by atoms with E-state index in [0.717, 1.165) is 29.5 Å². The Hall–Kier alpha value is -3.78. The number of carboxylic acid groups (broad SMARTS) is 1. The molecule has 1 saturated heterocycles. The average Bonchev–Trinajstić information content (AvgIpc) is 3.29. The largest absolute Gasteiger partial charge is 0.478 e. The van der Waals surface area contributed by atoms with Crippen LogP contribution in [0.5, 0.6) is 0 Å². The summed E-state index contributed by atoms with van der Waals surface area (Å²) in [6.07, 6.45) is 3.42. The van der Waals surface area contributed by atoms with Gasteiger partial charge < -0.3 is 14.6 Å². The number of amides is 1. The monoisotopic (exact) mass is 562 g/mol. The van der Waals surface area contributed by atoms with Crippen molar-refractivity contribution in [1.82, 2.24) is 19.4 Å². The maximum Gasteiger partial charge on any atom is 0.337 e. The number of piperidine rings is 1. The van der Waals surface area contributed by atoms with Crippen molar-refractivity contribution in [3.05, 3.63) is 81.6 Å². The molecule has 1 aromatic carbocycles. The SMILES string of the molecule is Cc1cc(C2CCN(C(=O)c3ccc4c(-c5ccc(Cl)c(F)c5)cn(C(C)(C)C)c4n3)CC2)nc(C)c1C(=O)O. The Morgan fingerprint density at radius 3 is 2.35 bits per heavy atom. The lowest BCUT2D eigenvalue weighted by molar-refractivity contribution is 0.0687. The number of fused-ring (bicyclic) bond motifs is 1. The van der Waals surface area contributed by atoms with Crippen LogP contribution in [-0.4, -0.2) is 49.5 Å². The number of carboxylic acids is 1. The van der Waals surface area contributed by atoms with Crippen LogP contribution in [0.2, 0.25) is 5.02 Å². The topological polar surface area (TPSA) is 88.3 Å². The summed E-state index contributed by atoms with van der Waals surface area (Å²) in [4.78, 5) is 36.3. The molecule has 3 aromatic heterocycles. The van der Waals surface area contributed by atoms with E-state index in [1.54, 1.807) is 32.0 Å². The number of aryl methyl sites for hydroxylation is 2. The van der Waals surface area contributed by atoms with Crippen LogP contribution in [0.15, 0.2) is 42.6 Å². The van der Waals surface area contributed by atoms with Gasteiger partial charge in [-0.2, -0.15) is 0 Å². The number of aromatic carboxylic acids is 1. The second-order valence-electron chi connectivity index (χ2n) is 11.5. The molecular weight excluding hydrogens is 531 g/mol. The number of hydrogen-bond acceptors (Lipinski definition) is 4. The standard InChI is InChI=1S/C31H32ClFN4O3/c1-17-14-26(34-18(2)27(17)30(39)40)19-10-12-36(13-11-19)29(38)25-9-7-21-22(20-6-8-23(32)24(33)15-20)16-37(28(21)35-25)31(3,4)5/h6-9,14-16,19H,10-13H2,1-5H3,(H,39,40). The number of rotatable bonds is 4. The van der Waals surface area contributed by atoms with Crippen molar-refractivity contribution < 1.29 is 19.1 Å². The summed E-state index contributed by atoms with van der Waals surface area (Å²) in [5.41, 5.74) is 4.55. The molecule has 0 radical (unpaired) electrons. The molecule has 0 unspecified atom stereocenters. The van der Waals surface area contributed by atoms with E-state index in [4.69, 9.17) is 16.6 Å². The Labute approximate surface area is 237 Å². The first-order chi connectivity index (χ1) is 18.8. The first-order valence-corrected chi connectivity index (χ1v) is 13.7. The number of aromatic nitrogens is 3. The summed E-state index contributed by atoms with van der Waals surface area (Å²) in [6, 6.07) is 10.2. The van der Waals surface area contributed by atoms with Crippen LogP contribution in [-0.2, 0) is 5.54 Å². The number of pyridine rings is 2. The molecule has 0 spiro atoms. The summed E-state index contributed by atoms with van der Waals surface area (Å²) >= 11 is 5.91. The van der Waals surface area contributed by atoms with Crippen molar-refractivity contribution in [1.29, 1.82) is 0 Å². The number of carbonyl (C=O) groups excluding carboxylic acids is 1. The molecule has 40 heavy (non-hydrogen) atoms. The van der Waals surface area contributed by atoms with Gasteiger partial charge in [-0.05, 0) is 88.9 Å². The Bertz CT molecular complexity index is 1630. The van der Waals surface area contributed by atoms with Crippen LogP contribution in [0.1, 0.15) is 77.3 Å². The van der Waals surface area contributed by atoms with E-state index in [0.29, 0.717) is 41.3 Å². The Morgan fingerprint density at radius 1 is 1.05 bits per heavy atom. The van der Waals surface area contributed by atoms with Gasteiger partial charge in [-0.15, -0.1) is 0 Å². The highest BCUT2D eigenvalue weighted by molar-refractivity contribution is 6.30. The molecule has 4 heterocycles. The zero-order valence-corrected chi connectivity index (χ0v) is 24.0. The summed E-state index contributed by atoms with van der Waals surface area (Å²) in [5.74, 6) is -1.44. The lowest BCUT2D eigenvalue weighted by Crippen LogP contribution is -2.38. The van der Waals surface area contributed by atoms with Gasteiger partial charge in [-0.3, -0.25) is 9.78 Å². The highest BCUT2D eigenvalue weighted by atomic mass is 35.5. The molecule has 1 amide bonds. The van der Waals surface area contributed by atoms with Gasteiger partial charge in [-0.1, -0.05) is 17.7 Å². The lowest BCUT2D eigenvalue weighted by atomic mass is 9.91. The highest BCUT2D eigenvalue weighted by Crippen LogP contribution is 2.35. The van der Waals surface area contributed by atoms with Gasteiger partial charge in [-0.25, -0.2) is 14.2 Å². The molecule has 1 fully saturated rings. The maximum atomic E-state index is 14.3. The van der Waals surface area contributed by atoms with E-state index in [2.05, 4.69) is 25.8 Å². The molecular formula is C31H32ClFN4O3. The molecule has 5 rings (SSSR count). The zero-order chi connectivity index (χ0) is 28.9. The fraction of sp³-hybridized carbons (Fsp3) is 0.355. The molecule has 1 aliphatic heterocycles. The van der Waals surface area contributed by atoms with E-state index in [-0.39, 0.29) is 28.0 Å². The molecule has 0 saturated carbocycles. The molecule has 4 aromatic rings. The van der Waals surface area contributed by atoms with Gasteiger partial charge in [0.2, 0.25) is 0 Å². The number of halogens is 2. The fourth-order valence-electron chi connectivity index (χ4n) is 5.56. The molecule has 0 bridgehead atoms. The van der Waals surface area contributed by atoms with E-state index in [1.807, 2.05) is 27.8 Å². The number of likely N-dealkylation sites (tertiary alicyclic amines) is 1. The first kappa shape index (κ1) is 27.8. The summed E-state index contributed by atoms with van der Waals surface area (Å²) < 4.78 is 16.3. The van der Waals surface area contributed by atoms with Crippen LogP contribution in [0, 0.1) is 19.7 Å². The summed E-state index contributed by atoms with van der Waals surface area (Å²) in [7, 11) is 0. The van der Waals surface area contributed by atoms with Gasteiger partial charge in [0.05, 0.1) is 16.3 Å². The van der Waals surface area contributed by atoms with Crippen molar-refractivity contribution in [3.63, 3.8) is 0 Å². The predicted octanol–water partition coefficient (Wildman–Crippen LogP) is 6.98. The van der Waals surface area contributed by atoms with Crippen LogP contribution in [0.25, 0.3) is 22.2 Å². The van der Waals surface area contributed by atoms with E-state index in [1.165, 1.54) is 6.07 Å². The van der Waals surface area contributed by atoms with Crippen LogP contribution >= 0.6 is 11.6 Å². The quantitative estimate of drug-likeness (QED) is 0.290. The third-order valence-electron chi connectivity index (χ3n) is 7.66. The lowest BCUT2D eigenvalue weighted by Gasteiger charge is -2.32. The summed E-state index contributed by atoms with van der Waals surface area (Å²) in [6.45, 7) is 10.8. The third-order valence-corrected chi connectivity index (χ3v) is 7.96. The van der Waals surface area contributed by atoms with E-state index < -0.39 is 11.8 Å². The molecule has 1 N–H and O–H groups in total. The molecule has 208 valence electrons. The van der Waals surface area contributed by atoms with Crippen LogP contribution in [0.3, 0.4) is 0 Å². The number of nitrogens with zero attached hydrogens (tertiary/aromatic N) is 4. The smallest absolute Gasteiger partial charge is 0.337 e. The number of carbonyl (C=O) groups is 2. The minimum Gasteiger partial charge on any atom is -0.478 e. The van der Waals surface area contributed by atoms with Crippen molar-refractivity contribution >= 4 is 34.5 Å². The molecule has 0 atom stereocenters. The van der Waals surface area contributed by atoms with Crippen molar-refractivity contribution in [3.8, 4) is 11.1 Å². The second kappa shape index (κ2) is 10.3. The van der Waals surface area contributed by atoms with Crippen molar-refractivity contribution in [2.45, 2.75) is 58.9 Å². The zero-order valence-electron chi connectivity index (χ0n) is 23.3. The molecule has 1 aliphatic rings. The van der Waals surface area contributed by atoms with Gasteiger partial charge in [0.1, 0.15) is 17.2 Å². The van der Waals surface area contributed by atoms with E-state index >= 15 is 0 Å². The van der Waals surface area contributed by atoms with Crippen LogP contribution in [0.4, 0.5) is 4.39 Å². The average molecular weight is 563 g/mol. The number of benzene rings is 1. The summed E-state index contributed by atoms with van der Waals surface area (Å²) in [5, 5.41) is 10.3. The normalized spacial score (nSPS) is 14.6. The van der Waals surface area contributed by atoms with Gasteiger partial charge in [0.25, 0.3) is 5.91 Å². The Morgan fingerprint density at radius 2 is 1.75 bits per heavy atom. The van der Waals surface area contributed by atoms with Crippen molar-refractivity contribution in [2.24, 2.45) is 0 Å². The van der Waals surface area contributed by atoms with Crippen molar-refractivity contribution in [2.75, 3.05) is 13.1 Å². The van der Waals surface area contributed by atoms with E-state index in [9.17, 15) is 19.1 Å². The third kappa shape index (κ3) is 5.08. The minimum absolute atomic E-state index is 0.0661. The maximum absolute atomic E-state index is 14.3. The fourth-order valence-corrected chi connectivity index (χ4v) is 5.68.